The predicted molar refractivity (Wildman–Crippen MR) is 119 cm³/mol. The van der Waals surface area contributed by atoms with Crippen LogP contribution in [0, 0.1) is 0 Å². The second-order valence-corrected chi connectivity index (χ2v) is 7.94. The Labute approximate surface area is 184 Å². The third-order valence-corrected chi connectivity index (χ3v) is 5.84. The van der Waals surface area contributed by atoms with Gasteiger partial charge in [-0.2, -0.15) is 4.98 Å². The number of hydrogen-bond acceptors (Lipinski definition) is 5. The smallest absolute Gasteiger partial charge is 0.295 e. The van der Waals surface area contributed by atoms with Gasteiger partial charge in [-0.25, -0.2) is 0 Å². The third-order valence-electron chi connectivity index (χ3n) is 5.53. The van der Waals surface area contributed by atoms with Crippen molar-refractivity contribution in [1.82, 2.24) is 9.97 Å². The standard InChI is InChI=1S/C24H21ClN2O4/c25-18-11-20-19(26-24(27-20)31-22-13-30-21(12-28)23(22)29)10-17(18)16-8-6-15(7-9-16)14-4-2-1-3-5-14/h1-11,21-23,28-29H,12-13H2,(H,26,27)/t21-,22-,23-/m1/s1. The summed E-state index contributed by atoms with van der Waals surface area (Å²) >= 11 is 6.56. The molecule has 5 rings (SSSR count). The summed E-state index contributed by atoms with van der Waals surface area (Å²) in [4.78, 5) is 7.57. The Kier molecular flexibility index (Phi) is 5.38. The molecule has 158 valence electrons. The van der Waals surface area contributed by atoms with E-state index < -0.39 is 18.3 Å². The summed E-state index contributed by atoms with van der Waals surface area (Å²) in [6.07, 6.45) is -2.16. The van der Waals surface area contributed by atoms with Crippen molar-refractivity contribution in [2.24, 2.45) is 0 Å². The summed E-state index contributed by atoms with van der Waals surface area (Å²) in [5, 5.41) is 20.0. The second-order valence-electron chi connectivity index (χ2n) is 7.54. The SMILES string of the molecule is OC[C@H]1OC[C@@H](Oc2nc3cc(-c4ccc(-c5ccccc5)cc4)c(Cl)cc3[nH]2)[C@@H]1O. The van der Waals surface area contributed by atoms with Gasteiger partial charge < -0.3 is 24.7 Å². The molecule has 1 aliphatic rings. The lowest BCUT2D eigenvalue weighted by molar-refractivity contribution is -0.00390. The van der Waals surface area contributed by atoms with E-state index in [0.29, 0.717) is 10.5 Å². The lowest BCUT2D eigenvalue weighted by Gasteiger charge is -2.15. The summed E-state index contributed by atoms with van der Waals surface area (Å²) in [7, 11) is 0. The molecule has 1 aliphatic heterocycles. The van der Waals surface area contributed by atoms with Crippen molar-refractivity contribution in [2.45, 2.75) is 18.3 Å². The molecule has 1 saturated heterocycles. The van der Waals surface area contributed by atoms with Gasteiger partial charge in [0.1, 0.15) is 12.2 Å². The highest BCUT2D eigenvalue weighted by molar-refractivity contribution is 6.34. The molecule has 3 N–H and O–H groups in total. The van der Waals surface area contributed by atoms with Crippen LogP contribution >= 0.6 is 11.6 Å². The van der Waals surface area contributed by atoms with E-state index in [-0.39, 0.29) is 19.2 Å². The normalized spacial score (nSPS) is 20.9. The number of H-pyrrole nitrogens is 1. The first-order valence-corrected chi connectivity index (χ1v) is 10.4. The van der Waals surface area contributed by atoms with Gasteiger partial charge in [0.25, 0.3) is 6.01 Å². The van der Waals surface area contributed by atoms with Crippen LogP contribution < -0.4 is 4.74 Å². The van der Waals surface area contributed by atoms with Gasteiger partial charge in [-0.15, -0.1) is 0 Å². The van der Waals surface area contributed by atoms with Crippen LogP contribution in [0.2, 0.25) is 5.02 Å². The van der Waals surface area contributed by atoms with E-state index in [1.54, 1.807) is 0 Å². The maximum Gasteiger partial charge on any atom is 0.295 e. The van der Waals surface area contributed by atoms with Crippen LogP contribution in [0.25, 0.3) is 33.3 Å². The molecule has 0 saturated carbocycles. The number of halogens is 1. The molecular formula is C24H21ClN2O4. The summed E-state index contributed by atoms with van der Waals surface area (Å²) in [6.45, 7) is -0.0770. The first-order valence-electron chi connectivity index (χ1n) is 10.0. The van der Waals surface area contributed by atoms with Gasteiger partial charge in [-0.05, 0) is 28.8 Å². The molecule has 3 atom stereocenters. The Morgan fingerprint density at radius 3 is 2.45 bits per heavy atom. The van der Waals surface area contributed by atoms with Crippen LogP contribution in [0.4, 0.5) is 0 Å². The fraction of sp³-hybridized carbons (Fsp3) is 0.208. The van der Waals surface area contributed by atoms with Crippen molar-refractivity contribution >= 4 is 22.6 Å². The minimum absolute atomic E-state index is 0.184. The van der Waals surface area contributed by atoms with Crippen molar-refractivity contribution in [3.63, 3.8) is 0 Å². The Morgan fingerprint density at radius 2 is 1.74 bits per heavy atom. The number of benzene rings is 3. The van der Waals surface area contributed by atoms with Gasteiger partial charge in [-0.1, -0.05) is 66.2 Å². The van der Waals surface area contributed by atoms with Crippen LogP contribution in [-0.4, -0.2) is 51.7 Å². The number of aromatic amines is 1. The second kappa shape index (κ2) is 8.32. The summed E-state index contributed by atoms with van der Waals surface area (Å²) in [6, 6.07) is 22.4. The molecule has 0 amide bonds. The molecule has 0 aliphatic carbocycles. The average Bonchev–Trinajstić information content (AvgIpc) is 3.36. The van der Waals surface area contributed by atoms with E-state index in [1.807, 2.05) is 42.5 Å². The summed E-state index contributed by atoms with van der Waals surface area (Å²) in [5.41, 5.74) is 5.59. The molecule has 4 aromatic rings. The van der Waals surface area contributed by atoms with E-state index in [1.165, 1.54) is 0 Å². The van der Waals surface area contributed by atoms with Gasteiger partial charge in [-0.3, -0.25) is 0 Å². The predicted octanol–water partition coefficient (Wildman–Crippen LogP) is 4.05. The number of ether oxygens (including phenoxy) is 2. The van der Waals surface area contributed by atoms with E-state index in [9.17, 15) is 10.2 Å². The van der Waals surface area contributed by atoms with Crippen LogP contribution in [0.1, 0.15) is 0 Å². The van der Waals surface area contributed by atoms with E-state index in [0.717, 1.165) is 27.8 Å². The van der Waals surface area contributed by atoms with Crippen molar-refractivity contribution in [1.29, 1.82) is 0 Å². The minimum atomic E-state index is -0.916. The number of nitrogens with zero attached hydrogens (tertiary/aromatic N) is 1. The summed E-state index contributed by atoms with van der Waals surface area (Å²) in [5.74, 6) is 0. The van der Waals surface area contributed by atoms with Gasteiger partial charge in [0.05, 0.1) is 29.3 Å². The zero-order valence-corrected chi connectivity index (χ0v) is 17.3. The molecule has 3 aromatic carbocycles. The Morgan fingerprint density at radius 1 is 1.03 bits per heavy atom. The quantitative estimate of drug-likeness (QED) is 0.439. The zero-order valence-electron chi connectivity index (χ0n) is 16.5. The fourth-order valence-corrected chi connectivity index (χ4v) is 4.09. The number of aliphatic hydroxyl groups excluding tert-OH is 2. The van der Waals surface area contributed by atoms with E-state index in [4.69, 9.17) is 21.1 Å². The highest BCUT2D eigenvalue weighted by atomic mass is 35.5. The molecule has 0 radical (unpaired) electrons. The Hall–Kier alpha value is -2.90. The lowest BCUT2D eigenvalue weighted by Crippen LogP contribution is -2.36. The van der Waals surface area contributed by atoms with Crippen LogP contribution in [0.5, 0.6) is 6.01 Å². The average molecular weight is 437 g/mol. The molecule has 0 bridgehead atoms. The fourth-order valence-electron chi connectivity index (χ4n) is 3.82. The molecule has 1 fully saturated rings. The summed E-state index contributed by atoms with van der Waals surface area (Å²) < 4.78 is 11.1. The van der Waals surface area contributed by atoms with Gasteiger partial charge in [0.15, 0.2) is 6.10 Å². The number of nitrogens with one attached hydrogen (secondary N) is 1. The van der Waals surface area contributed by atoms with E-state index >= 15 is 0 Å². The maximum absolute atomic E-state index is 10.2. The number of aromatic nitrogens is 2. The topological polar surface area (TPSA) is 87.6 Å². The van der Waals surface area contributed by atoms with Gasteiger partial charge >= 0.3 is 0 Å². The highest BCUT2D eigenvalue weighted by Crippen LogP contribution is 2.34. The molecular weight excluding hydrogens is 416 g/mol. The number of fused-ring (bicyclic) bond motifs is 1. The largest absolute Gasteiger partial charge is 0.456 e. The van der Waals surface area contributed by atoms with Crippen LogP contribution in [-0.2, 0) is 4.74 Å². The molecule has 0 spiro atoms. The minimum Gasteiger partial charge on any atom is -0.456 e. The van der Waals surface area contributed by atoms with Crippen molar-refractivity contribution < 1.29 is 19.7 Å². The highest BCUT2D eigenvalue weighted by Gasteiger charge is 2.37. The Bertz CT molecular complexity index is 1190. The van der Waals surface area contributed by atoms with Crippen molar-refractivity contribution in [2.75, 3.05) is 13.2 Å². The molecule has 0 unspecified atom stereocenters. The first kappa shape index (κ1) is 20.0. The Balaban J connectivity index is 1.41. The molecule has 7 heteroatoms. The molecule has 1 aromatic heterocycles. The van der Waals surface area contributed by atoms with Crippen molar-refractivity contribution in [3.8, 4) is 28.3 Å². The van der Waals surface area contributed by atoms with Crippen molar-refractivity contribution in [3.05, 3.63) is 71.8 Å². The van der Waals surface area contributed by atoms with Crippen LogP contribution in [0.3, 0.4) is 0 Å². The van der Waals surface area contributed by atoms with Gasteiger partial charge in [0, 0.05) is 5.56 Å². The molecule has 31 heavy (non-hydrogen) atoms. The molecule has 2 heterocycles. The number of hydrogen-bond donors (Lipinski definition) is 3. The lowest BCUT2D eigenvalue weighted by atomic mass is 10.00. The molecule has 6 nitrogen and oxygen atoms in total. The number of imidazole rings is 1. The first-order chi connectivity index (χ1) is 15.1. The number of rotatable bonds is 5. The maximum atomic E-state index is 10.2. The third kappa shape index (κ3) is 3.91. The van der Waals surface area contributed by atoms with E-state index in [2.05, 4.69) is 34.2 Å². The number of aliphatic hydroxyl groups is 2. The zero-order chi connectivity index (χ0) is 21.4. The van der Waals surface area contributed by atoms with Gasteiger partial charge in [0.2, 0.25) is 0 Å². The van der Waals surface area contributed by atoms with Crippen LogP contribution in [0.15, 0.2) is 66.7 Å². The monoisotopic (exact) mass is 436 g/mol.